The van der Waals surface area contributed by atoms with Crippen molar-refractivity contribution >= 4 is 72.5 Å². The van der Waals surface area contributed by atoms with E-state index in [1.165, 1.54) is 46.3 Å². The van der Waals surface area contributed by atoms with Crippen LogP contribution in [0, 0.1) is 0 Å². The van der Waals surface area contributed by atoms with Crippen LogP contribution in [0.15, 0.2) is 69.9 Å². The summed E-state index contributed by atoms with van der Waals surface area (Å²) in [5.41, 5.74) is 1.34. The van der Waals surface area contributed by atoms with E-state index in [9.17, 15) is 13.2 Å². The van der Waals surface area contributed by atoms with Crippen LogP contribution in [-0.2, 0) is 14.8 Å². The Kier molecular flexibility index (Phi) is 6.10. The fraction of sp³-hybridized carbons (Fsp3) is 0.0500. The van der Waals surface area contributed by atoms with E-state index in [1.54, 1.807) is 30.7 Å². The SMILES string of the molecule is COc1ccc(/C=C2\SC(=S)N(c3ccc(S(=O)(=O)Nc4nccs4)cc3)C2=O)cc1. The first-order chi connectivity index (χ1) is 14.9. The van der Waals surface area contributed by atoms with Gasteiger partial charge in [-0.2, -0.15) is 0 Å². The Morgan fingerprint density at radius 3 is 2.45 bits per heavy atom. The molecule has 2 aromatic carbocycles. The molecule has 1 aliphatic rings. The summed E-state index contributed by atoms with van der Waals surface area (Å²) in [4.78, 5) is 18.8. The molecule has 1 amide bonds. The van der Waals surface area contributed by atoms with Gasteiger partial charge in [-0.05, 0) is 48.0 Å². The number of sulfonamides is 1. The van der Waals surface area contributed by atoms with Crippen molar-refractivity contribution in [1.29, 1.82) is 0 Å². The molecule has 1 N–H and O–H groups in total. The molecule has 158 valence electrons. The van der Waals surface area contributed by atoms with E-state index in [2.05, 4.69) is 9.71 Å². The van der Waals surface area contributed by atoms with E-state index in [0.29, 0.717) is 14.9 Å². The summed E-state index contributed by atoms with van der Waals surface area (Å²) in [6, 6.07) is 13.3. The van der Waals surface area contributed by atoms with Crippen molar-refractivity contribution in [3.8, 4) is 5.75 Å². The normalized spacial score (nSPS) is 15.5. The maximum Gasteiger partial charge on any atom is 0.270 e. The number of amides is 1. The molecule has 0 atom stereocenters. The van der Waals surface area contributed by atoms with Crippen LogP contribution in [0.5, 0.6) is 5.75 Å². The highest BCUT2D eigenvalue weighted by Gasteiger charge is 2.33. The molecule has 0 aliphatic carbocycles. The summed E-state index contributed by atoms with van der Waals surface area (Å²) in [5, 5.41) is 1.96. The highest BCUT2D eigenvalue weighted by Crippen LogP contribution is 2.36. The first-order valence-electron chi connectivity index (χ1n) is 8.82. The third-order valence-electron chi connectivity index (χ3n) is 4.27. The maximum atomic E-state index is 12.9. The van der Waals surface area contributed by atoms with Crippen LogP contribution < -0.4 is 14.4 Å². The summed E-state index contributed by atoms with van der Waals surface area (Å²) in [7, 11) is -2.18. The lowest BCUT2D eigenvalue weighted by atomic mass is 10.2. The van der Waals surface area contributed by atoms with Crippen LogP contribution in [0.3, 0.4) is 0 Å². The fourth-order valence-corrected chi connectivity index (χ4v) is 5.85. The molecule has 0 saturated carbocycles. The topological polar surface area (TPSA) is 88.6 Å². The highest BCUT2D eigenvalue weighted by molar-refractivity contribution is 8.27. The Morgan fingerprint density at radius 2 is 1.84 bits per heavy atom. The number of nitrogens with one attached hydrogen (secondary N) is 1. The average molecular weight is 490 g/mol. The van der Waals surface area contributed by atoms with Gasteiger partial charge in [0, 0.05) is 11.6 Å². The predicted octanol–water partition coefficient (Wildman–Crippen LogP) is 4.36. The van der Waals surface area contributed by atoms with E-state index < -0.39 is 10.0 Å². The number of rotatable bonds is 6. The number of ether oxygens (including phenoxy) is 1. The fourth-order valence-electron chi connectivity index (χ4n) is 2.76. The van der Waals surface area contributed by atoms with Gasteiger partial charge in [-0.15, -0.1) is 11.3 Å². The number of hydrogen-bond acceptors (Lipinski definition) is 8. The molecular formula is C20H15N3O4S4. The third kappa shape index (κ3) is 4.64. The van der Waals surface area contributed by atoms with Crippen LogP contribution in [-0.4, -0.2) is 30.7 Å². The Hall–Kier alpha value is -2.73. The lowest BCUT2D eigenvalue weighted by Crippen LogP contribution is -2.27. The number of thioether (sulfide) groups is 1. The molecule has 1 fully saturated rings. The second-order valence-corrected chi connectivity index (χ2v) is 10.5. The summed E-state index contributed by atoms with van der Waals surface area (Å²) >= 11 is 7.76. The van der Waals surface area contributed by atoms with Gasteiger partial charge in [0.25, 0.3) is 15.9 Å². The van der Waals surface area contributed by atoms with Crippen molar-refractivity contribution < 1.29 is 17.9 Å². The predicted molar refractivity (Wildman–Crippen MR) is 128 cm³/mol. The monoisotopic (exact) mass is 489 g/mol. The minimum atomic E-state index is -3.77. The number of hydrogen-bond donors (Lipinski definition) is 1. The summed E-state index contributed by atoms with van der Waals surface area (Å²) < 4.78 is 32.9. The molecule has 1 aromatic heterocycles. The second-order valence-electron chi connectivity index (χ2n) is 6.23. The van der Waals surface area contributed by atoms with Gasteiger partial charge >= 0.3 is 0 Å². The van der Waals surface area contributed by atoms with Crippen molar-refractivity contribution in [2.75, 3.05) is 16.7 Å². The quantitative estimate of drug-likeness (QED) is 0.407. The number of methoxy groups -OCH3 is 1. The van der Waals surface area contributed by atoms with Gasteiger partial charge in [-0.1, -0.05) is 36.1 Å². The molecular weight excluding hydrogens is 475 g/mol. The molecule has 1 saturated heterocycles. The average Bonchev–Trinajstić information content (AvgIpc) is 3.36. The number of carbonyl (C=O) groups excluding carboxylic acids is 1. The lowest BCUT2D eigenvalue weighted by Gasteiger charge is -2.15. The highest BCUT2D eigenvalue weighted by atomic mass is 32.2. The molecule has 11 heteroatoms. The first-order valence-corrected chi connectivity index (χ1v) is 12.4. The van der Waals surface area contributed by atoms with Crippen LogP contribution in [0.1, 0.15) is 5.56 Å². The molecule has 4 rings (SSSR count). The van der Waals surface area contributed by atoms with Crippen molar-refractivity contribution in [1.82, 2.24) is 4.98 Å². The number of anilines is 2. The van der Waals surface area contributed by atoms with Gasteiger partial charge in [0.2, 0.25) is 0 Å². The number of nitrogens with zero attached hydrogens (tertiary/aromatic N) is 2. The number of thiazole rings is 1. The van der Waals surface area contributed by atoms with Crippen LogP contribution >= 0.6 is 35.3 Å². The maximum absolute atomic E-state index is 12.9. The van der Waals surface area contributed by atoms with E-state index in [0.717, 1.165) is 11.3 Å². The standard InChI is InChI=1S/C20H15N3O4S4/c1-27-15-6-2-13(3-7-15)12-17-18(24)23(20(28)30-17)14-4-8-16(9-5-14)31(25,26)22-19-21-10-11-29-19/h2-12H,1H3,(H,21,22)/b17-12-. The molecule has 1 aliphatic heterocycles. The van der Waals surface area contributed by atoms with Crippen molar-refractivity contribution in [2.45, 2.75) is 4.90 Å². The van der Waals surface area contributed by atoms with Crippen molar-refractivity contribution in [3.63, 3.8) is 0 Å². The van der Waals surface area contributed by atoms with Crippen LogP contribution in [0.4, 0.5) is 10.8 Å². The Labute approximate surface area is 192 Å². The molecule has 7 nitrogen and oxygen atoms in total. The minimum absolute atomic E-state index is 0.0608. The Bertz CT molecular complexity index is 1250. The van der Waals surface area contributed by atoms with Gasteiger partial charge in [0.05, 0.1) is 22.6 Å². The lowest BCUT2D eigenvalue weighted by molar-refractivity contribution is -0.113. The van der Waals surface area contributed by atoms with E-state index in [-0.39, 0.29) is 15.9 Å². The van der Waals surface area contributed by atoms with Gasteiger partial charge in [0.1, 0.15) is 5.75 Å². The number of carbonyl (C=O) groups is 1. The summed E-state index contributed by atoms with van der Waals surface area (Å²) in [5.74, 6) is 0.464. The van der Waals surface area contributed by atoms with Crippen molar-refractivity contribution in [3.05, 3.63) is 70.6 Å². The second kappa shape index (κ2) is 8.79. The van der Waals surface area contributed by atoms with E-state index in [1.807, 2.05) is 24.3 Å². The van der Waals surface area contributed by atoms with E-state index in [4.69, 9.17) is 17.0 Å². The zero-order valence-corrected chi connectivity index (χ0v) is 19.3. The van der Waals surface area contributed by atoms with Gasteiger partial charge in [-0.3, -0.25) is 14.4 Å². The summed E-state index contributed by atoms with van der Waals surface area (Å²) in [6.45, 7) is 0. The first kappa shape index (κ1) is 21.5. The smallest absolute Gasteiger partial charge is 0.270 e. The van der Waals surface area contributed by atoms with Crippen LogP contribution in [0.2, 0.25) is 0 Å². The van der Waals surface area contributed by atoms with E-state index >= 15 is 0 Å². The molecule has 2 heterocycles. The van der Waals surface area contributed by atoms with Gasteiger partial charge in [0.15, 0.2) is 9.45 Å². The molecule has 0 radical (unpaired) electrons. The molecule has 3 aromatic rings. The summed E-state index contributed by atoms with van der Waals surface area (Å²) in [6.07, 6.45) is 3.27. The third-order valence-corrected chi connectivity index (χ3v) is 7.74. The largest absolute Gasteiger partial charge is 0.497 e. The Balaban J connectivity index is 1.54. The number of thiocarbonyl (C=S) groups is 1. The molecule has 0 unspecified atom stereocenters. The van der Waals surface area contributed by atoms with Gasteiger partial charge in [-0.25, -0.2) is 13.4 Å². The molecule has 0 bridgehead atoms. The van der Waals surface area contributed by atoms with Crippen molar-refractivity contribution in [2.24, 2.45) is 0 Å². The molecule has 0 spiro atoms. The zero-order chi connectivity index (χ0) is 22.0. The van der Waals surface area contributed by atoms with Crippen LogP contribution in [0.25, 0.3) is 6.08 Å². The Morgan fingerprint density at radius 1 is 1.13 bits per heavy atom. The molecule has 31 heavy (non-hydrogen) atoms. The number of aromatic nitrogens is 1. The zero-order valence-electron chi connectivity index (χ0n) is 16.0. The number of benzene rings is 2. The minimum Gasteiger partial charge on any atom is -0.497 e. The van der Waals surface area contributed by atoms with Gasteiger partial charge < -0.3 is 4.74 Å².